The van der Waals surface area contributed by atoms with Crippen molar-refractivity contribution in [1.82, 2.24) is 10.3 Å². The van der Waals surface area contributed by atoms with Crippen LogP contribution in [0.5, 0.6) is 0 Å². The molecule has 1 aliphatic rings. The Morgan fingerprint density at radius 1 is 1.50 bits per heavy atom. The van der Waals surface area contributed by atoms with Crippen LogP contribution in [0.15, 0.2) is 10.9 Å². The van der Waals surface area contributed by atoms with E-state index in [1.807, 2.05) is 6.07 Å². The number of rotatable bonds is 2. The molecule has 0 aromatic carbocycles. The van der Waals surface area contributed by atoms with Crippen molar-refractivity contribution < 1.29 is 14.3 Å². The van der Waals surface area contributed by atoms with Crippen molar-refractivity contribution in [1.29, 1.82) is 0 Å². The fraction of sp³-hybridized carbons (Fsp3) is 0.571. The Morgan fingerprint density at radius 2 is 2.25 bits per heavy atom. The van der Waals surface area contributed by atoms with Crippen LogP contribution in [0.25, 0.3) is 0 Å². The van der Waals surface area contributed by atoms with E-state index >= 15 is 0 Å². The Balaban J connectivity index is 2.02. The quantitative estimate of drug-likeness (QED) is 0.859. The number of H-pyrrole nitrogens is 1. The number of fused-ring (bicyclic) bond motifs is 1. The van der Waals surface area contributed by atoms with Crippen LogP contribution < -0.4 is 10.9 Å². The Morgan fingerprint density at radius 3 is 2.95 bits per heavy atom. The molecule has 2 N–H and O–H groups in total. The van der Waals surface area contributed by atoms with Crippen molar-refractivity contribution in [3.63, 3.8) is 0 Å². The van der Waals surface area contributed by atoms with Crippen molar-refractivity contribution >= 4 is 6.09 Å². The smallest absolute Gasteiger partial charge is 0.407 e. The highest BCUT2D eigenvalue weighted by atomic mass is 16.6. The van der Waals surface area contributed by atoms with Gasteiger partial charge in [0.1, 0.15) is 5.60 Å². The second-order valence-corrected chi connectivity index (χ2v) is 5.79. The molecule has 0 fully saturated rings. The number of ether oxygens (including phenoxy) is 2. The number of aromatic nitrogens is 1. The Kier molecular flexibility index (Phi) is 4.13. The number of hydrogen-bond donors (Lipinski definition) is 2. The standard InChI is InChI=1S/C14H20N2O4/c1-14(2,3)20-13(18)15-7-10-6-9-4-5-19-8-11(9)12(17)16-10/h6H,4-5,7-8H2,1-3H3,(H,15,18)(H,16,17). The largest absolute Gasteiger partial charge is 0.444 e. The number of nitrogens with one attached hydrogen (secondary N) is 2. The van der Waals surface area contributed by atoms with Gasteiger partial charge in [-0.2, -0.15) is 0 Å². The SMILES string of the molecule is CC(C)(C)OC(=O)NCc1cc2c(c(=O)[nH]1)COCC2. The minimum absolute atomic E-state index is 0.150. The van der Waals surface area contributed by atoms with E-state index in [9.17, 15) is 9.59 Å². The van der Waals surface area contributed by atoms with Gasteiger partial charge in [0.15, 0.2) is 0 Å². The summed E-state index contributed by atoms with van der Waals surface area (Å²) in [6, 6.07) is 1.90. The van der Waals surface area contributed by atoms with E-state index < -0.39 is 11.7 Å². The Bertz CT molecular complexity index is 557. The molecule has 0 radical (unpaired) electrons. The predicted octanol–water partition coefficient (Wildman–Crippen LogP) is 1.47. The second kappa shape index (κ2) is 5.66. The number of amides is 1. The Labute approximate surface area is 117 Å². The lowest BCUT2D eigenvalue weighted by atomic mass is 10.0. The van der Waals surface area contributed by atoms with Gasteiger partial charge in [0.2, 0.25) is 0 Å². The van der Waals surface area contributed by atoms with E-state index in [4.69, 9.17) is 9.47 Å². The molecule has 0 aliphatic carbocycles. The third kappa shape index (κ3) is 3.84. The first-order valence-corrected chi connectivity index (χ1v) is 6.64. The molecule has 2 heterocycles. The van der Waals surface area contributed by atoms with E-state index in [-0.39, 0.29) is 12.1 Å². The summed E-state index contributed by atoms with van der Waals surface area (Å²) < 4.78 is 10.4. The first kappa shape index (κ1) is 14.6. The number of carbonyl (C=O) groups is 1. The molecular formula is C14H20N2O4. The summed E-state index contributed by atoms with van der Waals surface area (Å²) in [5, 5.41) is 2.63. The van der Waals surface area contributed by atoms with Gasteiger partial charge in [0, 0.05) is 11.3 Å². The minimum Gasteiger partial charge on any atom is -0.444 e. The first-order valence-electron chi connectivity index (χ1n) is 6.64. The van der Waals surface area contributed by atoms with Crippen LogP contribution in [0, 0.1) is 0 Å². The maximum absolute atomic E-state index is 11.9. The molecule has 20 heavy (non-hydrogen) atoms. The maximum atomic E-state index is 11.9. The van der Waals surface area contributed by atoms with Crippen LogP contribution in [0.2, 0.25) is 0 Å². The van der Waals surface area contributed by atoms with Crippen LogP contribution in [-0.2, 0) is 29.0 Å². The molecule has 110 valence electrons. The van der Waals surface area contributed by atoms with Crippen LogP contribution >= 0.6 is 0 Å². The van der Waals surface area contributed by atoms with Gasteiger partial charge < -0.3 is 19.8 Å². The molecule has 0 saturated carbocycles. The molecule has 1 amide bonds. The van der Waals surface area contributed by atoms with Gasteiger partial charge in [-0.05, 0) is 38.8 Å². The molecule has 0 saturated heterocycles. The van der Waals surface area contributed by atoms with E-state index in [0.717, 1.165) is 12.0 Å². The first-order chi connectivity index (χ1) is 9.35. The van der Waals surface area contributed by atoms with Crippen molar-refractivity contribution in [2.24, 2.45) is 0 Å². The summed E-state index contributed by atoms with van der Waals surface area (Å²) in [5.74, 6) is 0. The third-order valence-electron chi connectivity index (χ3n) is 2.87. The number of aromatic amines is 1. The van der Waals surface area contributed by atoms with E-state index in [1.165, 1.54) is 0 Å². The van der Waals surface area contributed by atoms with Gasteiger partial charge >= 0.3 is 6.09 Å². The lowest BCUT2D eigenvalue weighted by Gasteiger charge is -2.20. The average Bonchev–Trinajstić information content (AvgIpc) is 2.34. The summed E-state index contributed by atoms with van der Waals surface area (Å²) in [7, 11) is 0. The summed E-state index contributed by atoms with van der Waals surface area (Å²) >= 11 is 0. The number of alkyl carbamates (subject to hydrolysis) is 1. The molecule has 2 rings (SSSR count). The van der Waals surface area contributed by atoms with Crippen molar-refractivity contribution in [3.8, 4) is 0 Å². The highest BCUT2D eigenvalue weighted by Gasteiger charge is 2.17. The van der Waals surface area contributed by atoms with Gasteiger partial charge in [0.05, 0.1) is 19.8 Å². The van der Waals surface area contributed by atoms with Crippen LogP contribution in [0.1, 0.15) is 37.6 Å². The zero-order valence-corrected chi connectivity index (χ0v) is 12.0. The van der Waals surface area contributed by atoms with Crippen LogP contribution in [0.3, 0.4) is 0 Å². The topological polar surface area (TPSA) is 80.4 Å². The van der Waals surface area contributed by atoms with Crippen LogP contribution in [0.4, 0.5) is 4.79 Å². The van der Waals surface area contributed by atoms with E-state index in [2.05, 4.69) is 10.3 Å². The summed E-state index contributed by atoms with van der Waals surface area (Å²) in [5.41, 5.74) is 1.65. The van der Waals surface area contributed by atoms with Crippen molar-refractivity contribution in [2.45, 2.75) is 45.9 Å². The average molecular weight is 280 g/mol. The normalized spacial score (nSPS) is 14.6. The molecule has 1 aliphatic heterocycles. The molecule has 0 atom stereocenters. The van der Waals surface area contributed by atoms with Crippen LogP contribution in [-0.4, -0.2) is 23.3 Å². The minimum atomic E-state index is -0.537. The highest BCUT2D eigenvalue weighted by Crippen LogP contribution is 2.13. The number of carbonyl (C=O) groups excluding carboxylic acids is 1. The summed E-state index contributed by atoms with van der Waals surface area (Å²) in [6.07, 6.45) is 0.220. The Hall–Kier alpha value is -1.82. The van der Waals surface area contributed by atoms with Gasteiger partial charge in [-0.3, -0.25) is 4.79 Å². The molecule has 0 spiro atoms. The fourth-order valence-corrected chi connectivity index (χ4v) is 2.02. The second-order valence-electron chi connectivity index (χ2n) is 5.79. The molecule has 1 aromatic heterocycles. The monoisotopic (exact) mass is 280 g/mol. The molecule has 0 unspecified atom stereocenters. The van der Waals surface area contributed by atoms with Gasteiger partial charge in [-0.1, -0.05) is 0 Å². The fourth-order valence-electron chi connectivity index (χ4n) is 2.02. The molecule has 1 aromatic rings. The zero-order valence-electron chi connectivity index (χ0n) is 12.0. The lowest BCUT2D eigenvalue weighted by Crippen LogP contribution is -2.33. The van der Waals surface area contributed by atoms with Gasteiger partial charge in [-0.25, -0.2) is 4.79 Å². The molecule has 6 nitrogen and oxygen atoms in total. The predicted molar refractivity (Wildman–Crippen MR) is 73.5 cm³/mol. The summed E-state index contributed by atoms with van der Waals surface area (Å²) in [6.45, 7) is 6.60. The van der Waals surface area contributed by atoms with Crippen molar-refractivity contribution in [2.75, 3.05) is 6.61 Å². The van der Waals surface area contributed by atoms with Crippen molar-refractivity contribution in [3.05, 3.63) is 33.2 Å². The van der Waals surface area contributed by atoms with Gasteiger partial charge in [-0.15, -0.1) is 0 Å². The lowest BCUT2D eigenvalue weighted by molar-refractivity contribution is 0.0522. The molecule has 0 bridgehead atoms. The highest BCUT2D eigenvalue weighted by molar-refractivity contribution is 5.67. The van der Waals surface area contributed by atoms with E-state index in [1.54, 1.807) is 20.8 Å². The molecular weight excluding hydrogens is 260 g/mol. The maximum Gasteiger partial charge on any atom is 0.407 e. The summed E-state index contributed by atoms with van der Waals surface area (Å²) in [4.78, 5) is 26.2. The zero-order chi connectivity index (χ0) is 14.8. The van der Waals surface area contributed by atoms with Gasteiger partial charge in [0.25, 0.3) is 5.56 Å². The number of hydrogen-bond acceptors (Lipinski definition) is 4. The third-order valence-corrected chi connectivity index (χ3v) is 2.87. The number of pyridine rings is 1. The molecule has 6 heteroatoms. The van der Waals surface area contributed by atoms with E-state index in [0.29, 0.717) is 24.5 Å².